The van der Waals surface area contributed by atoms with Crippen molar-refractivity contribution in [2.24, 2.45) is 0 Å². The number of sulfonamides is 1. The van der Waals surface area contributed by atoms with Crippen LogP contribution in [0.2, 0.25) is 20.1 Å². The predicted octanol–water partition coefficient (Wildman–Crippen LogP) is 5.01. The fourth-order valence-electron chi connectivity index (χ4n) is 3.10. The fraction of sp³-hybridized carbons (Fsp3) is 0.364. The van der Waals surface area contributed by atoms with Gasteiger partial charge in [-0.3, -0.25) is 13.9 Å². The van der Waals surface area contributed by atoms with Crippen molar-refractivity contribution in [2.75, 3.05) is 17.1 Å². The van der Waals surface area contributed by atoms with Crippen molar-refractivity contribution in [3.63, 3.8) is 0 Å². The molecule has 0 aliphatic carbocycles. The van der Waals surface area contributed by atoms with Gasteiger partial charge in [0.25, 0.3) is 0 Å². The van der Waals surface area contributed by atoms with Gasteiger partial charge in [-0.2, -0.15) is 0 Å². The zero-order chi connectivity index (χ0) is 25.8. The molecule has 2 rings (SSSR count). The van der Waals surface area contributed by atoms with Gasteiger partial charge < -0.3 is 10.2 Å². The Hall–Kier alpha value is -1.71. The van der Waals surface area contributed by atoms with Crippen LogP contribution >= 0.6 is 46.4 Å². The van der Waals surface area contributed by atoms with Gasteiger partial charge in [-0.05, 0) is 56.7 Å². The van der Waals surface area contributed by atoms with Gasteiger partial charge in [-0.15, -0.1) is 0 Å². The number of nitrogens with zero attached hydrogens (tertiary/aromatic N) is 2. The van der Waals surface area contributed by atoms with Crippen molar-refractivity contribution in [1.29, 1.82) is 0 Å². The SMILES string of the molecule is CC(C)NC(=O)[C@H](C)N(Cc1ccc(Cl)c(Cl)c1)C(=O)CN(c1ccc(Cl)cc1Cl)S(C)(=O)=O. The maximum atomic E-state index is 13.5. The highest BCUT2D eigenvalue weighted by atomic mass is 35.5. The van der Waals surface area contributed by atoms with Gasteiger partial charge in [0.2, 0.25) is 21.8 Å². The monoisotopic (exact) mass is 567 g/mol. The number of halogens is 4. The van der Waals surface area contributed by atoms with Crippen LogP contribution in [0.15, 0.2) is 36.4 Å². The zero-order valence-electron chi connectivity index (χ0n) is 19.0. The molecule has 1 atom stereocenters. The largest absolute Gasteiger partial charge is 0.352 e. The first-order valence-electron chi connectivity index (χ1n) is 10.2. The molecule has 12 heteroatoms. The third kappa shape index (κ3) is 7.65. The van der Waals surface area contributed by atoms with Crippen molar-refractivity contribution < 1.29 is 18.0 Å². The first kappa shape index (κ1) is 28.5. The van der Waals surface area contributed by atoms with Gasteiger partial charge >= 0.3 is 0 Å². The predicted molar refractivity (Wildman–Crippen MR) is 138 cm³/mol. The molecule has 0 spiro atoms. The zero-order valence-corrected chi connectivity index (χ0v) is 22.8. The second kappa shape index (κ2) is 11.8. The highest BCUT2D eigenvalue weighted by molar-refractivity contribution is 7.92. The van der Waals surface area contributed by atoms with E-state index in [1.807, 2.05) is 0 Å². The summed E-state index contributed by atoms with van der Waals surface area (Å²) < 4.78 is 26.0. The number of rotatable bonds is 9. The number of anilines is 1. The molecule has 0 saturated carbocycles. The molecule has 0 unspecified atom stereocenters. The standard InChI is InChI=1S/C22H25Cl4N3O4S/c1-13(2)27-22(31)14(3)28(11-15-5-7-17(24)18(25)9-15)21(30)12-29(34(4,32)33)20-8-6-16(23)10-19(20)26/h5-10,13-14H,11-12H2,1-4H3,(H,27,31)/t14-/m0/s1. The second-order valence-electron chi connectivity index (χ2n) is 7.97. The molecule has 0 fully saturated rings. The summed E-state index contributed by atoms with van der Waals surface area (Å²) in [5.74, 6) is -1.01. The van der Waals surface area contributed by atoms with E-state index in [1.165, 1.54) is 23.1 Å². The number of carbonyl (C=O) groups is 2. The summed E-state index contributed by atoms with van der Waals surface area (Å²) in [5, 5.41) is 3.77. The van der Waals surface area contributed by atoms with E-state index in [4.69, 9.17) is 46.4 Å². The molecule has 34 heavy (non-hydrogen) atoms. The van der Waals surface area contributed by atoms with Crippen LogP contribution in [0.25, 0.3) is 0 Å². The highest BCUT2D eigenvalue weighted by Gasteiger charge is 2.31. The summed E-state index contributed by atoms with van der Waals surface area (Å²) in [6.07, 6.45) is 0.962. The maximum Gasteiger partial charge on any atom is 0.244 e. The summed E-state index contributed by atoms with van der Waals surface area (Å²) in [5.41, 5.74) is 0.707. The molecule has 0 aliphatic rings. The van der Waals surface area contributed by atoms with Crippen LogP contribution in [0.5, 0.6) is 0 Å². The topological polar surface area (TPSA) is 86.8 Å². The van der Waals surface area contributed by atoms with Crippen LogP contribution < -0.4 is 9.62 Å². The van der Waals surface area contributed by atoms with Crippen molar-refractivity contribution >= 4 is 73.9 Å². The summed E-state index contributed by atoms with van der Waals surface area (Å²) >= 11 is 24.3. The van der Waals surface area contributed by atoms with E-state index in [1.54, 1.807) is 39.0 Å². The normalized spacial score (nSPS) is 12.4. The highest BCUT2D eigenvalue weighted by Crippen LogP contribution is 2.31. The molecule has 0 aromatic heterocycles. The van der Waals surface area contributed by atoms with Crippen LogP contribution in [0, 0.1) is 0 Å². The molecule has 0 aliphatic heterocycles. The third-order valence-electron chi connectivity index (χ3n) is 4.79. The summed E-state index contributed by atoms with van der Waals surface area (Å²) in [7, 11) is -3.91. The van der Waals surface area contributed by atoms with Crippen LogP contribution in [0.3, 0.4) is 0 Å². The molecule has 0 bridgehead atoms. The number of nitrogens with one attached hydrogen (secondary N) is 1. The average molecular weight is 569 g/mol. The summed E-state index contributed by atoms with van der Waals surface area (Å²) in [6.45, 7) is 4.57. The van der Waals surface area contributed by atoms with Crippen LogP contribution in [-0.2, 0) is 26.2 Å². The summed E-state index contributed by atoms with van der Waals surface area (Å²) in [6, 6.07) is 8.04. The number of carbonyl (C=O) groups excluding carboxylic acids is 2. The van der Waals surface area contributed by atoms with E-state index in [2.05, 4.69) is 5.32 Å². The molecule has 7 nitrogen and oxygen atoms in total. The Morgan fingerprint density at radius 3 is 2.12 bits per heavy atom. The second-order valence-corrected chi connectivity index (χ2v) is 11.5. The van der Waals surface area contributed by atoms with Crippen molar-refractivity contribution in [3.05, 3.63) is 62.1 Å². The average Bonchev–Trinajstić information content (AvgIpc) is 2.71. The van der Waals surface area contributed by atoms with E-state index >= 15 is 0 Å². The van der Waals surface area contributed by atoms with Gasteiger partial charge in [0.05, 0.1) is 27.0 Å². The lowest BCUT2D eigenvalue weighted by Gasteiger charge is -2.32. The Kier molecular flexibility index (Phi) is 9.91. The molecule has 2 aromatic carbocycles. The minimum Gasteiger partial charge on any atom is -0.352 e. The van der Waals surface area contributed by atoms with Crippen LogP contribution in [0.4, 0.5) is 5.69 Å². The molecule has 2 aromatic rings. The number of hydrogen-bond donors (Lipinski definition) is 1. The lowest BCUT2D eigenvalue weighted by molar-refractivity contribution is -0.139. The molecule has 2 amide bonds. The lowest BCUT2D eigenvalue weighted by Crippen LogP contribution is -2.52. The first-order chi connectivity index (χ1) is 15.7. The van der Waals surface area contributed by atoms with E-state index in [0.717, 1.165) is 10.6 Å². The first-order valence-corrected chi connectivity index (χ1v) is 13.5. The van der Waals surface area contributed by atoms with E-state index in [0.29, 0.717) is 15.6 Å². The molecule has 0 heterocycles. The Bertz CT molecular complexity index is 1170. The number of amides is 2. The molecule has 0 radical (unpaired) electrons. The lowest BCUT2D eigenvalue weighted by atomic mass is 10.1. The Morgan fingerprint density at radius 1 is 0.941 bits per heavy atom. The van der Waals surface area contributed by atoms with Gasteiger partial charge in [0.1, 0.15) is 12.6 Å². The molecule has 186 valence electrons. The van der Waals surface area contributed by atoms with Crippen molar-refractivity contribution in [2.45, 2.75) is 39.4 Å². The van der Waals surface area contributed by atoms with Crippen LogP contribution in [0.1, 0.15) is 26.3 Å². The smallest absolute Gasteiger partial charge is 0.244 e. The third-order valence-corrected chi connectivity index (χ3v) is 7.20. The van der Waals surface area contributed by atoms with E-state index < -0.39 is 28.5 Å². The van der Waals surface area contributed by atoms with Crippen LogP contribution in [-0.4, -0.2) is 50.0 Å². The fourth-order valence-corrected chi connectivity index (χ4v) is 4.84. The van der Waals surface area contributed by atoms with Gasteiger partial charge in [-0.1, -0.05) is 52.5 Å². The Morgan fingerprint density at radius 2 is 1.59 bits per heavy atom. The maximum absolute atomic E-state index is 13.5. The number of benzene rings is 2. The van der Waals surface area contributed by atoms with Gasteiger partial charge in [0.15, 0.2) is 0 Å². The number of hydrogen-bond acceptors (Lipinski definition) is 4. The Balaban J connectivity index is 2.44. The molecular formula is C22H25Cl4N3O4S. The minimum absolute atomic E-state index is 0.00560. The van der Waals surface area contributed by atoms with Gasteiger partial charge in [0, 0.05) is 17.6 Å². The molecule has 1 N–H and O–H groups in total. The van der Waals surface area contributed by atoms with Crippen molar-refractivity contribution in [1.82, 2.24) is 10.2 Å². The van der Waals surface area contributed by atoms with E-state index in [-0.39, 0.29) is 34.2 Å². The van der Waals surface area contributed by atoms with Gasteiger partial charge in [-0.25, -0.2) is 8.42 Å². The van der Waals surface area contributed by atoms with Crippen molar-refractivity contribution in [3.8, 4) is 0 Å². The molecular weight excluding hydrogens is 544 g/mol. The quantitative estimate of drug-likeness (QED) is 0.461. The van der Waals surface area contributed by atoms with E-state index in [9.17, 15) is 18.0 Å². The summed E-state index contributed by atoms with van der Waals surface area (Å²) in [4.78, 5) is 27.5. The Labute approximate surface area is 220 Å². The molecule has 0 saturated heterocycles. The minimum atomic E-state index is -3.91.